The molecule has 0 saturated heterocycles. The highest BCUT2D eigenvalue weighted by atomic mass is 31.0. The summed E-state index contributed by atoms with van der Waals surface area (Å²) >= 11 is 0. The molecule has 0 aliphatic carbocycles. The number of benzene rings is 3. The number of carbonyl (C=O) groups is 1. The molecule has 2 unspecified atom stereocenters. The zero-order chi connectivity index (χ0) is 22.2. The maximum atomic E-state index is 13.3. The van der Waals surface area contributed by atoms with Gasteiger partial charge in [0.1, 0.15) is 5.54 Å². The maximum Gasteiger partial charge on any atom is 0.254 e. The number of carbonyl (C=O) groups excluding carboxylic acids is 1. The lowest BCUT2D eigenvalue weighted by Crippen LogP contribution is -2.48. The van der Waals surface area contributed by atoms with Crippen molar-refractivity contribution in [2.24, 2.45) is 0 Å². The lowest BCUT2D eigenvalue weighted by molar-refractivity contribution is 0.0678. The molecule has 2 atom stereocenters. The molecule has 0 fully saturated rings. The number of nitrogens with one attached hydrogen (secondary N) is 1. The van der Waals surface area contributed by atoms with Crippen LogP contribution in [0.15, 0.2) is 71.5 Å². The van der Waals surface area contributed by atoms with E-state index in [1.54, 1.807) is 38.2 Å². The second kappa shape index (κ2) is 7.98. The van der Waals surface area contributed by atoms with Crippen molar-refractivity contribution in [2.75, 3.05) is 7.05 Å². The summed E-state index contributed by atoms with van der Waals surface area (Å²) in [5, 5.41) is 12.1. The largest absolute Gasteiger partial charge is 0.354 e. The van der Waals surface area contributed by atoms with E-state index in [2.05, 4.69) is 20.3 Å². The third-order valence-electron chi connectivity index (χ3n) is 5.77. The van der Waals surface area contributed by atoms with Gasteiger partial charge in [-0.1, -0.05) is 36.4 Å². The fraction of sp³-hybridized carbons (Fsp3) is 0.160. The minimum Gasteiger partial charge on any atom is -0.354 e. The Labute approximate surface area is 182 Å². The summed E-state index contributed by atoms with van der Waals surface area (Å²) < 4.78 is 0. The fourth-order valence-corrected chi connectivity index (χ4v) is 3.94. The quantitative estimate of drug-likeness (QED) is 0.398. The summed E-state index contributed by atoms with van der Waals surface area (Å²) in [5.74, 6) is -0.275. The van der Waals surface area contributed by atoms with E-state index in [0.717, 1.165) is 16.4 Å². The predicted octanol–water partition coefficient (Wildman–Crippen LogP) is 3.78. The summed E-state index contributed by atoms with van der Waals surface area (Å²) in [5.41, 5.74) is 1.61. The Morgan fingerprint density at radius 3 is 2.45 bits per heavy atom. The van der Waals surface area contributed by atoms with Gasteiger partial charge in [0, 0.05) is 35.3 Å². The van der Waals surface area contributed by atoms with Crippen LogP contribution in [0.5, 0.6) is 0 Å². The molecule has 1 amide bonds. The van der Waals surface area contributed by atoms with Gasteiger partial charge in [-0.05, 0) is 48.1 Å². The Hall–Kier alpha value is -3.48. The maximum absolute atomic E-state index is 13.3. The molecular weight excluding hydrogens is 405 g/mol. The normalized spacial score (nSPS) is 13.0. The number of H-pyrrole nitrogens is 1. The highest BCUT2D eigenvalue weighted by Gasteiger charge is 2.33. The molecule has 1 heterocycles. The topological polar surface area (TPSA) is 77.0 Å². The van der Waals surface area contributed by atoms with Crippen molar-refractivity contribution in [1.82, 2.24) is 9.88 Å². The summed E-state index contributed by atoms with van der Waals surface area (Å²) in [6.45, 7) is 1.76. The molecule has 1 aromatic heterocycles. The monoisotopic (exact) mass is 427 g/mol. The predicted molar refractivity (Wildman–Crippen MR) is 128 cm³/mol. The van der Waals surface area contributed by atoms with E-state index in [-0.39, 0.29) is 11.3 Å². The van der Waals surface area contributed by atoms with E-state index in [0.29, 0.717) is 28.3 Å². The summed E-state index contributed by atoms with van der Waals surface area (Å²) in [6.07, 6.45) is 0.408. The average Bonchev–Trinajstić information content (AvgIpc) is 2.79. The third-order valence-corrected chi connectivity index (χ3v) is 6.15. The fourth-order valence-electron chi connectivity index (χ4n) is 3.74. The van der Waals surface area contributed by atoms with Crippen molar-refractivity contribution < 1.29 is 4.79 Å². The highest BCUT2D eigenvalue weighted by Crippen LogP contribution is 2.23. The number of aromatic amines is 1. The summed E-state index contributed by atoms with van der Waals surface area (Å²) in [7, 11) is 4.27. The van der Waals surface area contributed by atoms with E-state index in [9.17, 15) is 14.9 Å². The first-order chi connectivity index (χ1) is 14.8. The van der Waals surface area contributed by atoms with E-state index < -0.39 is 5.54 Å². The van der Waals surface area contributed by atoms with E-state index in [1.165, 1.54) is 4.90 Å². The van der Waals surface area contributed by atoms with Crippen LogP contribution < -0.4 is 10.7 Å². The number of nitrogens with zero attached hydrogens (tertiary/aromatic N) is 2. The number of likely N-dealkylation sites (N-methyl/N-ethyl adjacent to an activating group) is 1. The van der Waals surface area contributed by atoms with Crippen molar-refractivity contribution in [3.63, 3.8) is 0 Å². The van der Waals surface area contributed by atoms with Gasteiger partial charge in [-0.15, -0.1) is 9.24 Å². The molecule has 0 saturated carbocycles. The zero-order valence-electron chi connectivity index (χ0n) is 17.3. The van der Waals surface area contributed by atoms with E-state index in [4.69, 9.17) is 0 Å². The molecule has 0 bridgehead atoms. The Kier molecular flexibility index (Phi) is 5.35. The number of fused-ring (bicyclic) bond motifs is 2. The first-order valence-corrected chi connectivity index (χ1v) is 10.5. The first kappa shape index (κ1) is 20.8. The van der Waals surface area contributed by atoms with Crippen LogP contribution in [0.3, 0.4) is 0 Å². The summed E-state index contributed by atoms with van der Waals surface area (Å²) in [6, 6.07) is 22.4. The van der Waals surface area contributed by atoms with Crippen LogP contribution in [0, 0.1) is 11.3 Å². The number of amides is 1. The van der Waals surface area contributed by atoms with Crippen molar-refractivity contribution in [3.8, 4) is 6.07 Å². The number of hydrogen-bond donors (Lipinski definition) is 1. The van der Waals surface area contributed by atoms with Gasteiger partial charge in [-0.2, -0.15) is 5.26 Å². The molecule has 5 nitrogen and oxygen atoms in total. The molecule has 0 radical (unpaired) electrons. The molecular formula is C25H22N3O2P. The molecule has 154 valence electrons. The molecule has 0 aliphatic rings. The molecule has 4 aromatic rings. The number of pyridine rings is 1. The van der Waals surface area contributed by atoms with Crippen molar-refractivity contribution >= 4 is 42.3 Å². The molecule has 3 aromatic carbocycles. The van der Waals surface area contributed by atoms with E-state index in [1.807, 2.05) is 42.5 Å². The van der Waals surface area contributed by atoms with Crippen molar-refractivity contribution in [1.29, 1.82) is 5.26 Å². The van der Waals surface area contributed by atoms with Crippen molar-refractivity contribution in [2.45, 2.75) is 18.9 Å². The highest BCUT2D eigenvalue weighted by molar-refractivity contribution is 7.27. The Bertz CT molecular complexity index is 1400. The third kappa shape index (κ3) is 3.83. The van der Waals surface area contributed by atoms with Crippen molar-refractivity contribution in [3.05, 3.63) is 88.1 Å². The number of rotatable bonds is 4. The number of para-hydroxylation sites is 1. The lowest BCUT2D eigenvalue weighted by atomic mass is 9.92. The zero-order valence-corrected chi connectivity index (χ0v) is 18.5. The van der Waals surface area contributed by atoms with E-state index >= 15 is 0 Å². The standard InChI is InChI=1S/C25H22N3O2P/c1-25(15-26,14-16-7-10-18(31)11-8-16)28(2)24(30)17-9-12-20-22(13-17)27-21-6-4-3-5-19(21)23(20)29/h3-13H,14,31H2,1-2H3,(H,27,29). The molecule has 6 heteroatoms. The van der Waals surface area contributed by atoms with Crippen LogP contribution in [0.1, 0.15) is 22.8 Å². The van der Waals surface area contributed by atoms with Gasteiger partial charge in [-0.3, -0.25) is 9.59 Å². The number of aromatic nitrogens is 1. The average molecular weight is 427 g/mol. The van der Waals surface area contributed by atoms with Crippen LogP contribution in [-0.4, -0.2) is 28.4 Å². The number of hydrogen-bond acceptors (Lipinski definition) is 3. The molecule has 31 heavy (non-hydrogen) atoms. The second-order valence-electron chi connectivity index (χ2n) is 7.93. The SMILES string of the molecule is CN(C(=O)c1ccc2c(=O)c3ccccc3[nH]c2c1)C(C)(C#N)Cc1ccc(P)cc1. The van der Waals surface area contributed by atoms with Crippen LogP contribution in [0.4, 0.5) is 0 Å². The van der Waals surface area contributed by atoms with Gasteiger partial charge in [0.05, 0.1) is 11.6 Å². The van der Waals surface area contributed by atoms with Crippen LogP contribution in [0.2, 0.25) is 0 Å². The van der Waals surface area contributed by atoms with Crippen LogP contribution in [0.25, 0.3) is 21.8 Å². The Morgan fingerprint density at radius 1 is 1.06 bits per heavy atom. The van der Waals surface area contributed by atoms with Gasteiger partial charge in [-0.25, -0.2) is 0 Å². The molecule has 0 spiro atoms. The first-order valence-electron chi connectivity index (χ1n) is 9.91. The van der Waals surface area contributed by atoms with Gasteiger partial charge in [0.25, 0.3) is 5.91 Å². The molecule has 1 N–H and O–H groups in total. The van der Waals surface area contributed by atoms with Gasteiger partial charge in [0.15, 0.2) is 5.43 Å². The number of nitriles is 1. The Balaban J connectivity index is 1.70. The lowest BCUT2D eigenvalue weighted by Gasteiger charge is -2.33. The van der Waals surface area contributed by atoms with Gasteiger partial charge in [0.2, 0.25) is 0 Å². The van der Waals surface area contributed by atoms with Gasteiger partial charge >= 0.3 is 0 Å². The Morgan fingerprint density at radius 2 is 1.74 bits per heavy atom. The second-order valence-corrected chi connectivity index (χ2v) is 8.59. The minimum atomic E-state index is -1.02. The van der Waals surface area contributed by atoms with Crippen LogP contribution >= 0.6 is 9.24 Å². The summed E-state index contributed by atoms with van der Waals surface area (Å²) in [4.78, 5) is 30.8. The minimum absolute atomic E-state index is 0.0731. The molecule has 4 rings (SSSR count). The molecule has 0 aliphatic heterocycles. The van der Waals surface area contributed by atoms with Gasteiger partial charge < -0.3 is 9.88 Å². The smallest absolute Gasteiger partial charge is 0.254 e. The van der Waals surface area contributed by atoms with Crippen LogP contribution in [-0.2, 0) is 6.42 Å².